The summed E-state index contributed by atoms with van der Waals surface area (Å²) in [6.45, 7) is 3.87. The molecule has 0 unspecified atom stereocenters. The van der Waals surface area contributed by atoms with Crippen LogP contribution < -0.4 is 5.32 Å². The summed E-state index contributed by atoms with van der Waals surface area (Å²) >= 11 is 0. The summed E-state index contributed by atoms with van der Waals surface area (Å²) in [4.78, 5) is 3.88. The Bertz CT molecular complexity index is 103. The number of hydrogen-bond donors (Lipinski definition) is 1. The van der Waals surface area contributed by atoms with Crippen LogP contribution in [0.15, 0.2) is 17.3 Å². The minimum absolute atomic E-state index is 0.933. The fourth-order valence-corrected chi connectivity index (χ4v) is 0.268. The molecule has 0 bridgehead atoms. The number of nitrogens with zero attached hydrogens (tertiary/aromatic N) is 1. The number of amidine groups is 1. The average molecular weight is 112 g/mol. The van der Waals surface area contributed by atoms with Crippen LogP contribution in [0, 0.1) is 0 Å². The predicted octanol–water partition coefficient (Wildman–Crippen LogP) is 1.16. The van der Waals surface area contributed by atoms with E-state index in [0.717, 1.165) is 5.84 Å². The maximum Gasteiger partial charge on any atom is 0.0967 e. The maximum absolute atomic E-state index is 3.88. The molecular weight excluding hydrogens is 100 g/mol. The molecule has 2 nitrogen and oxygen atoms in total. The smallest absolute Gasteiger partial charge is 0.0967 e. The summed E-state index contributed by atoms with van der Waals surface area (Å²) in [6.07, 6.45) is 3.77. The zero-order valence-electron chi connectivity index (χ0n) is 5.60. The molecule has 0 aromatic carbocycles. The Balaban J connectivity index is 3.40. The van der Waals surface area contributed by atoms with E-state index in [1.807, 2.05) is 26.1 Å². The number of rotatable bonds is 1. The molecule has 0 fully saturated rings. The summed E-state index contributed by atoms with van der Waals surface area (Å²) in [6, 6.07) is 0. The molecule has 0 aliphatic heterocycles. The Morgan fingerprint density at radius 2 is 2.25 bits per heavy atom. The van der Waals surface area contributed by atoms with Crippen LogP contribution in [0.4, 0.5) is 0 Å². The molecule has 0 saturated heterocycles. The van der Waals surface area contributed by atoms with Crippen molar-refractivity contribution >= 4 is 5.84 Å². The largest absolute Gasteiger partial charge is 0.351 e. The van der Waals surface area contributed by atoms with E-state index in [4.69, 9.17) is 0 Å². The molecule has 0 aromatic rings. The third kappa shape index (κ3) is 3.40. The van der Waals surface area contributed by atoms with Gasteiger partial charge in [-0.15, -0.1) is 0 Å². The van der Waals surface area contributed by atoms with Gasteiger partial charge in [0, 0.05) is 7.05 Å². The molecule has 8 heavy (non-hydrogen) atoms. The van der Waals surface area contributed by atoms with Crippen LogP contribution in [0.25, 0.3) is 0 Å². The molecule has 0 aliphatic rings. The first-order valence-electron chi connectivity index (χ1n) is 2.62. The Labute approximate surface area is 50.3 Å². The number of allylic oxidation sites excluding steroid dienone is 1. The van der Waals surface area contributed by atoms with Gasteiger partial charge >= 0.3 is 0 Å². The van der Waals surface area contributed by atoms with E-state index >= 15 is 0 Å². The monoisotopic (exact) mass is 112 g/mol. The average Bonchev–Trinajstić information content (AvgIpc) is 1.83. The maximum atomic E-state index is 3.88. The lowest BCUT2D eigenvalue weighted by atomic mass is 10.6. The molecule has 0 saturated carbocycles. The van der Waals surface area contributed by atoms with E-state index in [2.05, 4.69) is 10.3 Å². The summed E-state index contributed by atoms with van der Waals surface area (Å²) in [5.41, 5.74) is 0. The number of hydrogen-bond acceptors (Lipinski definition) is 1. The van der Waals surface area contributed by atoms with Crippen LogP contribution in [0.3, 0.4) is 0 Å². The van der Waals surface area contributed by atoms with Gasteiger partial charge in [0.2, 0.25) is 0 Å². The highest BCUT2D eigenvalue weighted by molar-refractivity contribution is 5.80. The fraction of sp³-hybridized carbons (Fsp3) is 0.500. The highest BCUT2D eigenvalue weighted by Crippen LogP contribution is 1.67. The predicted molar refractivity (Wildman–Crippen MR) is 37.0 cm³/mol. The van der Waals surface area contributed by atoms with Crippen molar-refractivity contribution in [2.24, 2.45) is 4.99 Å². The zero-order valence-corrected chi connectivity index (χ0v) is 5.60. The lowest BCUT2D eigenvalue weighted by molar-refractivity contribution is 1.21. The number of nitrogens with one attached hydrogen (secondary N) is 1. The van der Waals surface area contributed by atoms with Gasteiger partial charge in [0.15, 0.2) is 0 Å². The SMILES string of the molecule is CC=CNC(C)=NC. The van der Waals surface area contributed by atoms with E-state index < -0.39 is 0 Å². The van der Waals surface area contributed by atoms with Gasteiger partial charge in [-0.1, -0.05) is 6.08 Å². The summed E-state index contributed by atoms with van der Waals surface area (Å²) in [5, 5.41) is 2.95. The van der Waals surface area contributed by atoms with Crippen molar-refractivity contribution in [2.75, 3.05) is 7.05 Å². The first-order chi connectivity index (χ1) is 3.81. The van der Waals surface area contributed by atoms with Gasteiger partial charge in [-0.05, 0) is 20.0 Å². The lowest BCUT2D eigenvalue weighted by Crippen LogP contribution is -2.11. The zero-order chi connectivity index (χ0) is 6.41. The van der Waals surface area contributed by atoms with Crippen molar-refractivity contribution in [1.29, 1.82) is 0 Å². The first-order valence-corrected chi connectivity index (χ1v) is 2.62. The van der Waals surface area contributed by atoms with Crippen molar-refractivity contribution in [3.05, 3.63) is 12.3 Å². The van der Waals surface area contributed by atoms with E-state index in [9.17, 15) is 0 Å². The van der Waals surface area contributed by atoms with E-state index in [1.54, 1.807) is 7.05 Å². The van der Waals surface area contributed by atoms with Crippen molar-refractivity contribution in [3.63, 3.8) is 0 Å². The van der Waals surface area contributed by atoms with E-state index in [-0.39, 0.29) is 0 Å². The van der Waals surface area contributed by atoms with Crippen molar-refractivity contribution in [2.45, 2.75) is 13.8 Å². The first kappa shape index (κ1) is 7.21. The lowest BCUT2D eigenvalue weighted by Gasteiger charge is -1.93. The topological polar surface area (TPSA) is 24.4 Å². The molecule has 0 aliphatic carbocycles. The fourth-order valence-electron chi connectivity index (χ4n) is 0.268. The van der Waals surface area contributed by atoms with Gasteiger partial charge in [-0.25, -0.2) is 0 Å². The summed E-state index contributed by atoms with van der Waals surface area (Å²) < 4.78 is 0. The molecule has 46 valence electrons. The second-order valence-electron chi connectivity index (χ2n) is 1.45. The highest BCUT2D eigenvalue weighted by Gasteiger charge is 1.75. The van der Waals surface area contributed by atoms with Gasteiger partial charge < -0.3 is 5.32 Å². The molecular formula is C6H12N2. The standard InChI is InChI=1S/C6H12N2/c1-4-5-8-6(2)7-3/h4-5H,1-3H3,(H,7,8). The Hall–Kier alpha value is -0.790. The molecule has 1 N–H and O–H groups in total. The minimum Gasteiger partial charge on any atom is -0.351 e. The Morgan fingerprint density at radius 3 is 2.62 bits per heavy atom. The van der Waals surface area contributed by atoms with Crippen LogP contribution in [0.5, 0.6) is 0 Å². The quantitative estimate of drug-likeness (QED) is 0.399. The summed E-state index contributed by atoms with van der Waals surface area (Å²) in [7, 11) is 1.76. The van der Waals surface area contributed by atoms with Crippen LogP contribution in [0.2, 0.25) is 0 Å². The van der Waals surface area contributed by atoms with Crippen LogP contribution in [0.1, 0.15) is 13.8 Å². The minimum atomic E-state index is 0.933. The Kier molecular flexibility index (Phi) is 3.94. The Morgan fingerprint density at radius 1 is 1.62 bits per heavy atom. The normalized spacial score (nSPS) is 12.6. The highest BCUT2D eigenvalue weighted by atomic mass is 14.9. The third-order valence-electron chi connectivity index (χ3n) is 0.794. The molecule has 2 heteroatoms. The molecule has 0 spiro atoms. The molecule has 0 aromatic heterocycles. The van der Waals surface area contributed by atoms with Gasteiger partial charge in [0.1, 0.15) is 0 Å². The summed E-state index contributed by atoms with van der Waals surface area (Å²) in [5.74, 6) is 0.933. The van der Waals surface area contributed by atoms with Crippen molar-refractivity contribution in [1.82, 2.24) is 5.32 Å². The van der Waals surface area contributed by atoms with Crippen LogP contribution in [-0.2, 0) is 0 Å². The van der Waals surface area contributed by atoms with E-state index in [0.29, 0.717) is 0 Å². The van der Waals surface area contributed by atoms with Gasteiger partial charge in [0.05, 0.1) is 5.84 Å². The second kappa shape index (κ2) is 4.37. The second-order valence-corrected chi connectivity index (χ2v) is 1.45. The van der Waals surface area contributed by atoms with Crippen LogP contribution >= 0.6 is 0 Å². The van der Waals surface area contributed by atoms with Crippen molar-refractivity contribution < 1.29 is 0 Å². The molecule has 0 amide bonds. The molecule has 0 atom stereocenters. The molecule has 0 heterocycles. The van der Waals surface area contributed by atoms with Gasteiger partial charge in [0.25, 0.3) is 0 Å². The molecule has 0 rings (SSSR count). The van der Waals surface area contributed by atoms with Gasteiger partial charge in [-0.3, -0.25) is 4.99 Å². The molecule has 0 radical (unpaired) electrons. The van der Waals surface area contributed by atoms with Crippen LogP contribution in [-0.4, -0.2) is 12.9 Å². The number of aliphatic imine (C=N–C) groups is 1. The third-order valence-corrected chi connectivity index (χ3v) is 0.794. The van der Waals surface area contributed by atoms with E-state index in [1.165, 1.54) is 0 Å². The van der Waals surface area contributed by atoms with Gasteiger partial charge in [-0.2, -0.15) is 0 Å². The van der Waals surface area contributed by atoms with Crippen molar-refractivity contribution in [3.8, 4) is 0 Å².